The van der Waals surface area contributed by atoms with Crippen LogP contribution in [-0.4, -0.2) is 19.9 Å². The Morgan fingerprint density at radius 3 is 1.48 bits per heavy atom. The van der Waals surface area contributed by atoms with Crippen LogP contribution in [-0.2, 0) is 0 Å². The number of rotatable bonds is 6. The van der Waals surface area contributed by atoms with Gasteiger partial charge in [-0.05, 0) is 75.8 Å². The van der Waals surface area contributed by atoms with Crippen molar-refractivity contribution in [3.05, 3.63) is 182 Å². The molecule has 0 saturated carbocycles. The van der Waals surface area contributed by atoms with Crippen LogP contribution in [0.5, 0.6) is 0 Å². The van der Waals surface area contributed by atoms with Gasteiger partial charge < -0.3 is 0 Å². The van der Waals surface area contributed by atoms with Crippen LogP contribution in [0.15, 0.2) is 182 Å². The minimum atomic E-state index is 0.816. The van der Waals surface area contributed by atoms with Gasteiger partial charge in [0.05, 0.1) is 34.0 Å². The van der Waals surface area contributed by atoms with Gasteiger partial charge in [0.15, 0.2) is 0 Å². The van der Waals surface area contributed by atoms with Gasteiger partial charge in [-0.3, -0.25) is 9.97 Å². The summed E-state index contributed by atoms with van der Waals surface area (Å²) < 4.78 is 0. The Morgan fingerprint density at radius 1 is 0.320 bits per heavy atom. The summed E-state index contributed by atoms with van der Waals surface area (Å²) in [5.41, 5.74) is 13.3. The molecule has 0 atom stereocenters. The summed E-state index contributed by atoms with van der Waals surface area (Å²) in [5.74, 6) is 0. The number of fused-ring (bicyclic) bond motifs is 3. The van der Waals surface area contributed by atoms with Crippen molar-refractivity contribution in [3.8, 4) is 67.4 Å². The molecule has 4 aromatic heterocycles. The Bertz CT molecular complexity index is 2540. The highest BCUT2D eigenvalue weighted by molar-refractivity contribution is 6.17. The molecule has 4 nitrogen and oxygen atoms in total. The normalized spacial score (nSPS) is 11.2. The quantitative estimate of drug-likeness (QED) is 0.170. The van der Waals surface area contributed by atoms with Crippen LogP contribution in [0.3, 0.4) is 0 Å². The van der Waals surface area contributed by atoms with Crippen LogP contribution in [0.2, 0.25) is 0 Å². The zero-order valence-corrected chi connectivity index (χ0v) is 27.1. The van der Waals surface area contributed by atoms with Crippen molar-refractivity contribution in [2.45, 2.75) is 0 Å². The third-order valence-corrected chi connectivity index (χ3v) is 9.20. The molecule has 0 unspecified atom stereocenters. The maximum absolute atomic E-state index is 5.12. The molecule has 9 aromatic rings. The first-order valence-corrected chi connectivity index (χ1v) is 16.7. The van der Waals surface area contributed by atoms with Crippen molar-refractivity contribution in [2.24, 2.45) is 0 Å². The second kappa shape index (κ2) is 12.7. The molecule has 0 fully saturated rings. The zero-order valence-electron chi connectivity index (χ0n) is 27.1. The van der Waals surface area contributed by atoms with E-state index in [1.54, 1.807) is 12.4 Å². The summed E-state index contributed by atoms with van der Waals surface area (Å²) >= 11 is 0. The largest absolute Gasteiger partial charge is 0.255 e. The van der Waals surface area contributed by atoms with Gasteiger partial charge in [0.25, 0.3) is 0 Å². The monoisotopic (exact) mass is 638 g/mol. The SMILES string of the molecule is c1ccc(-c2nc3ccccc3c3c(-c4ccc(-c5ccc(-c6cc(-c7ccccn7)nc(-c7ccccn7)c6)cc5)cc4)cccc23)cc1. The van der Waals surface area contributed by atoms with Crippen LogP contribution in [0, 0.1) is 0 Å². The maximum atomic E-state index is 5.12. The standard InChI is InChI=1S/C46H30N4/c1-2-11-35(12-3-1)46-39-15-10-14-37(45(39)38-13-4-5-16-40(38)50-46)34-25-23-32(24-26-34)31-19-21-33(22-20-31)36-29-43(41-17-6-8-27-47-41)49-44(30-36)42-18-7-9-28-48-42/h1-30H. The maximum Gasteiger partial charge on any atom is 0.0900 e. The highest BCUT2D eigenvalue weighted by Gasteiger charge is 2.15. The van der Waals surface area contributed by atoms with Crippen molar-refractivity contribution in [1.82, 2.24) is 19.9 Å². The van der Waals surface area contributed by atoms with Gasteiger partial charge in [0, 0.05) is 34.1 Å². The average molecular weight is 639 g/mol. The minimum absolute atomic E-state index is 0.816. The summed E-state index contributed by atoms with van der Waals surface area (Å²) in [4.78, 5) is 19.2. The molecule has 4 heterocycles. The molecule has 0 saturated heterocycles. The third-order valence-electron chi connectivity index (χ3n) is 9.20. The second-order valence-electron chi connectivity index (χ2n) is 12.3. The van der Waals surface area contributed by atoms with E-state index in [1.165, 1.54) is 16.5 Å². The molecule has 0 aliphatic heterocycles. The summed E-state index contributed by atoms with van der Waals surface area (Å²) in [7, 11) is 0. The number of pyridine rings is 4. The highest BCUT2D eigenvalue weighted by Crippen LogP contribution is 2.39. The lowest BCUT2D eigenvalue weighted by Gasteiger charge is -2.14. The second-order valence-corrected chi connectivity index (χ2v) is 12.3. The molecule has 0 aliphatic rings. The van der Waals surface area contributed by atoms with Gasteiger partial charge in [0.2, 0.25) is 0 Å². The fourth-order valence-corrected chi connectivity index (χ4v) is 6.75. The van der Waals surface area contributed by atoms with Gasteiger partial charge in [0.1, 0.15) is 0 Å². The summed E-state index contributed by atoms with van der Waals surface area (Å²) in [6, 6.07) is 59.1. The van der Waals surface area contributed by atoms with E-state index in [9.17, 15) is 0 Å². The molecular weight excluding hydrogens is 609 g/mol. The zero-order chi connectivity index (χ0) is 33.3. The van der Waals surface area contributed by atoms with Gasteiger partial charge in [-0.15, -0.1) is 0 Å². The van der Waals surface area contributed by atoms with E-state index in [1.807, 2.05) is 42.5 Å². The molecule has 234 valence electrons. The van der Waals surface area contributed by atoms with Crippen LogP contribution in [0.4, 0.5) is 0 Å². The number of hydrogen-bond donors (Lipinski definition) is 0. The number of aromatic nitrogens is 4. The van der Waals surface area contributed by atoms with E-state index in [-0.39, 0.29) is 0 Å². The Kier molecular flexibility index (Phi) is 7.45. The van der Waals surface area contributed by atoms with Crippen molar-refractivity contribution in [3.63, 3.8) is 0 Å². The van der Waals surface area contributed by atoms with Crippen LogP contribution >= 0.6 is 0 Å². The first kappa shape index (κ1) is 29.4. The van der Waals surface area contributed by atoms with Crippen LogP contribution < -0.4 is 0 Å². The molecule has 0 N–H and O–H groups in total. The minimum Gasteiger partial charge on any atom is -0.255 e. The molecule has 0 spiro atoms. The number of hydrogen-bond acceptors (Lipinski definition) is 4. The van der Waals surface area contributed by atoms with Crippen LogP contribution in [0.1, 0.15) is 0 Å². The molecule has 5 aromatic carbocycles. The Morgan fingerprint density at radius 2 is 0.860 bits per heavy atom. The van der Waals surface area contributed by atoms with Crippen molar-refractivity contribution in [1.29, 1.82) is 0 Å². The Balaban J connectivity index is 1.08. The molecule has 0 amide bonds. The van der Waals surface area contributed by atoms with E-state index >= 15 is 0 Å². The predicted molar refractivity (Wildman–Crippen MR) is 205 cm³/mol. The fraction of sp³-hybridized carbons (Fsp3) is 0. The van der Waals surface area contributed by atoms with Crippen molar-refractivity contribution in [2.75, 3.05) is 0 Å². The van der Waals surface area contributed by atoms with E-state index < -0.39 is 0 Å². The predicted octanol–water partition coefficient (Wildman–Crippen LogP) is 11.6. The first-order chi connectivity index (χ1) is 24.8. The first-order valence-electron chi connectivity index (χ1n) is 16.7. The highest BCUT2D eigenvalue weighted by atomic mass is 14.8. The van der Waals surface area contributed by atoms with Gasteiger partial charge in [-0.25, -0.2) is 9.97 Å². The Hall–Kier alpha value is -6.78. The molecular formula is C46H30N4. The summed E-state index contributed by atoms with van der Waals surface area (Å²) in [6.07, 6.45) is 3.59. The fourth-order valence-electron chi connectivity index (χ4n) is 6.75. The van der Waals surface area contributed by atoms with Crippen LogP contribution in [0.25, 0.3) is 89.1 Å². The van der Waals surface area contributed by atoms with Gasteiger partial charge >= 0.3 is 0 Å². The molecule has 0 bridgehead atoms. The van der Waals surface area contributed by atoms with E-state index in [2.05, 4.69) is 137 Å². The molecule has 0 radical (unpaired) electrons. The number of nitrogens with zero attached hydrogens (tertiary/aromatic N) is 4. The van der Waals surface area contributed by atoms with E-state index in [0.717, 1.165) is 72.6 Å². The summed E-state index contributed by atoms with van der Waals surface area (Å²) in [5, 5.41) is 3.54. The van der Waals surface area contributed by atoms with Gasteiger partial charge in [-0.1, -0.05) is 127 Å². The molecule has 4 heteroatoms. The Labute approximate surface area is 290 Å². The van der Waals surface area contributed by atoms with Gasteiger partial charge in [-0.2, -0.15) is 0 Å². The smallest absolute Gasteiger partial charge is 0.0900 e. The lowest BCUT2D eigenvalue weighted by atomic mass is 9.92. The topological polar surface area (TPSA) is 51.6 Å². The average Bonchev–Trinajstić information content (AvgIpc) is 3.21. The van der Waals surface area contributed by atoms with Crippen molar-refractivity contribution >= 4 is 21.7 Å². The van der Waals surface area contributed by atoms with Crippen molar-refractivity contribution < 1.29 is 0 Å². The summed E-state index contributed by atoms with van der Waals surface area (Å²) in [6.45, 7) is 0. The molecule has 9 rings (SSSR count). The number of benzene rings is 5. The third kappa shape index (κ3) is 5.49. The molecule has 0 aliphatic carbocycles. The molecule has 50 heavy (non-hydrogen) atoms. The lowest BCUT2D eigenvalue weighted by Crippen LogP contribution is -1.94. The van der Waals surface area contributed by atoms with E-state index in [4.69, 9.17) is 9.97 Å². The lowest BCUT2D eigenvalue weighted by molar-refractivity contribution is 1.22. The van der Waals surface area contributed by atoms with E-state index in [0.29, 0.717) is 0 Å². The number of para-hydroxylation sites is 1.